The molecule has 0 saturated heterocycles. The van der Waals surface area contributed by atoms with Crippen molar-refractivity contribution >= 4 is 12.4 Å². The predicted molar refractivity (Wildman–Crippen MR) is 79.9 cm³/mol. The highest BCUT2D eigenvalue weighted by Crippen LogP contribution is 2.07. The number of alkyl carbamates (subject to hydrolysis) is 1. The minimum atomic E-state index is -0.542. The van der Waals surface area contributed by atoms with Gasteiger partial charge < -0.3 is 19.6 Å². The second kappa shape index (κ2) is 8.42. The molecule has 1 unspecified atom stereocenters. The van der Waals surface area contributed by atoms with E-state index in [0.29, 0.717) is 19.6 Å². The number of amides is 1. The highest BCUT2D eigenvalue weighted by molar-refractivity contribution is 5.67. The average molecular weight is 293 g/mol. The maximum absolute atomic E-state index is 11.4. The quantitative estimate of drug-likeness (QED) is 0.785. The minimum absolute atomic E-state index is 0.326. The Labute approximate surface area is 125 Å². The number of carbonyl (C=O) groups excluding carboxylic acids is 2. The molecule has 0 aromatic heterocycles. The molecule has 1 aromatic carbocycles. The Balaban J connectivity index is 2.25. The van der Waals surface area contributed by atoms with Crippen LogP contribution in [0.1, 0.15) is 32.8 Å². The second-order valence-corrected chi connectivity index (χ2v) is 5.69. The van der Waals surface area contributed by atoms with Gasteiger partial charge in [-0.15, -0.1) is 0 Å². The van der Waals surface area contributed by atoms with Crippen LogP contribution in [0.4, 0.5) is 4.79 Å². The van der Waals surface area contributed by atoms with Crippen molar-refractivity contribution < 1.29 is 19.1 Å². The van der Waals surface area contributed by atoms with Crippen LogP contribution in [0, 0.1) is 0 Å². The van der Waals surface area contributed by atoms with Gasteiger partial charge in [0, 0.05) is 6.54 Å². The number of carbonyl (C=O) groups is 2. The highest BCUT2D eigenvalue weighted by atomic mass is 16.6. The van der Waals surface area contributed by atoms with Crippen LogP contribution in [0.3, 0.4) is 0 Å². The molecule has 116 valence electrons. The maximum Gasteiger partial charge on any atom is 0.407 e. The summed E-state index contributed by atoms with van der Waals surface area (Å²) in [6, 6.07) is 9.62. The first kappa shape index (κ1) is 17.2. The smallest absolute Gasteiger partial charge is 0.407 e. The fraction of sp³-hybridized carbons (Fsp3) is 0.500. The molecule has 5 nitrogen and oxygen atoms in total. The van der Waals surface area contributed by atoms with E-state index in [4.69, 9.17) is 9.47 Å². The van der Waals surface area contributed by atoms with E-state index in [9.17, 15) is 9.59 Å². The third-order valence-corrected chi connectivity index (χ3v) is 2.56. The second-order valence-electron chi connectivity index (χ2n) is 5.69. The monoisotopic (exact) mass is 293 g/mol. The topological polar surface area (TPSA) is 64.6 Å². The standard InChI is InChI=1S/C16H23NO4/c1-16(2,3)21-15(19)17-10-9-14(11-18)20-12-13-7-5-4-6-8-13/h4-8,11,14H,9-10,12H2,1-3H3,(H,17,19). The van der Waals surface area contributed by atoms with E-state index in [-0.39, 0.29) is 0 Å². The first-order valence-corrected chi connectivity index (χ1v) is 6.98. The summed E-state index contributed by atoms with van der Waals surface area (Å²) in [5.74, 6) is 0. The van der Waals surface area contributed by atoms with Gasteiger partial charge in [0.25, 0.3) is 0 Å². The van der Waals surface area contributed by atoms with Crippen molar-refractivity contribution in [3.05, 3.63) is 35.9 Å². The van der Waals surface area contributed by atoms with E-state index >= 15 is 0 Å². The SMILES string of the molecule is CC(C)(C)OC(=O)NCCC(C=O)OCc1ccccc1. The van der Waals surface area contributed by atoms with Gasteiger partial charge in [-0.05, 0) is 32.8 Å². The fourth-order valence-corrected chi connectivity index (χ4v) is 1.60. The average Bonchev–Trinajstić information content (AvgIpc) is 2.41. The van der Waals surface area contributed by atoms with Crippen molar-refractivity contribution in [3.63, 3.8) is 0 Å². The Morgan fingerprint density at radius 3 is 2.52 bits per heavy atom. The fourth-order valence-electron chi connectivity index (χ4n) is 1.60. The molecular weight excluding hydrogens is 270 g/mol. The number of ether oxygens (including phenoxy) is 2. The van der Waals surface area contributed by atoms with Crippen molar-refractivity contribution in [2.24, 2.45) is 0 Å². The molecule has 5 heteroatoms. The van der Waals surface area contributed by atoms with E-state index in [0.717, 1.165) is 11.8 Å². The van der Waals surface area contributed by atoms with Crippen LogP contribution in [0.25, 0.3) is 0 Å². The molecule has 0 aliphatic rings. The van der Waals surface area contributed by atoms with Crippen LogP contribution in [0.2, 0.25) is 0 Å². The van der Waals surface area contributed by atoms with Crippen molar-refractivity contribution in [2.45, 2.75) is 45.5 Å². The van der Waals surface area contributed by atoms with Gasteiger partial charge in [-0.3, -0.25) is 0 Å². The van der Waals surface area contributed by atoms with Crippen LogP contribution in [0.5, 0.6) is 0 Å². The van der Waals surface area contributed by atoms with Gasteiger partial charge in [-0.25, -0.2) is 4.79 Å². The summed E-state index contributed by atoms with van der Waals surface area (Å²) in [6.45, 7) is 6.08. The number of aldehydes is 1. The Morgan fingerprint density at radius 1 is 1.29 bits per heavy atom. The predicted octanol–water partition coefficient (Wildman–Crippen LogP) is 2.69. The van der Waals surface area contributed by atoms with E-state index in [1.807, 2.05) is 30.3 Å². The van der Waals surface area contributed by atoms with Gasteiger partial charge in [0.1, 0.15) is 18.0 Å². The largest absolute Gasteiger partial charge is 0.444 e. The summed E-state index contributed by atoms with van der Waals surface area (Å²) in [5.41, 5.74) is 0.474. The third kappa shape index (κ3) is 8.09. The van der Waals surface area contributed by atoms with Gasteiger partial charge in [-0.1, -0.05) is 30.3 Å². The first-order valence-electron chi connectivity index (χ1n) is 6.98. The minimum Gasteiger partial charge on any atom is -0.444 e. The van der Waals surface area contributed by atoms with Crippen LogP contribution in [-0.4, -0.2) is 30.6 Å². The van der Waals surface area contributed by atoms with E-state index in [1.54, 1.807) is 20.8 Å². The van der Waals surface area contributed by atoms with Crippen LogP contribution in [0.15, 0.2) is 30.3 Å². The van der Waals surface area contributed by atoms with Crippen LogP contribution < -0.4 is 5.32 Å². The number of nitrogens with one attached hydrogen (secondary N) is 1. The summed E-state index contributed by atoms with van der Waals surface area (Å²) in [5, 5.41) is 2.60. The van der Waals surface area contributed by atoms with Crippen molar-refractivity contribution in [1.29, 1.82) is 0 Å². The molecule has 1 atom stereocenters. The molecule has 0 aliphatic carbocycles. The Morgan fingerprint density at radius 2 is 1.95 bits per heavy atom. The number of benzene rings is 1. The zero-order valence-electron chi connectivity index (χ0n) is 12.8. The van der Waals surface area contributed by atoms with Gasteiger partial charge in [-0.2, -0.15) is 0 Å². The molecule has 0 bridgehead atoms. The summed E-state index contributed by atoms with van der Waals surface area (Å²) >= 11 is 0. The zero-order chi connectivity index (χ0) is 15.7. The lowest BCUT2D eigenvalue weighted by molar-refractivity contribution is -0.119. The van der Waals surface area contributed by atoms with Crippen LogP contribution >= 0.6 is 0 Å². The van der Waals surface area contributed by atoms with Gasteiger partial charge in [0.05, 0.1) is 6.61 Å². The molecule has 0 spiro atoms. The highest BCUT2D eigenvalue weighted by Gasteiger charge is 2.16. The molecule has 1 N–H and O–H groups in total. The molecule has 1 aromatic rings. The van der Waals surface area contributed by atoms with Crippen molar-refractivity contribution in [1.82, 2.24) is 5.32 Å². The molecule has 0 radical (unpaired) electrons. The number of hydrogen-bond acceptors (Lipinski definition) is 4. The van der Waals surface area contributed by atoms with Crippen molar-refractivity contribution in [3.8, 4) is 0 Å². The molecule has 0 aliphatic heterocycles. The first-order chi connectivity index (χ1) is 9.90. The molecular formula is C16H23NO4. The third-order valence-electron chi connectivity index (χ3n) is 2.56. The van der Waals surface area contributed by atoms with E-state index in [2.05, 4.69) is 5.32 Å². The number of rotatable bonds is 7. The summed E-state index contributed by atoms with van der Waals surface area (Å²) in [4.78, 5) is 22.4. The van der Waals surface area contributed by atoms with Crippen LogP contribution in [-0.2, 0) is 20.9 Å². The lowest BCUT2D eigenvalue weighted by Crippen LogP contribution is -2.34. The van der Waals surface area contributed by atoms with Crippen molar-refractivity contribution in [2.75, 3.05) is 6.54 Å². The molecule has 1 amide bonds. The Hall–Kier alpha value is -1.88. The molecule has 21 heavy (non-hydrogen) atoms. The summed E-state index contributed by atoms with van der Waals surface area (Å²) in [7, 11) is 0. The van der Waals surface area contributed by atoms with Gasteiger partial charge >= 0.3 is 6.09 Å². The molecule has 1 rings (SSSR count). The summed E-state index contributed by atoms with van der Waals surface area (Å²) in [6.07, 6.45) is 0.130. The van der Waals surface area contributed by atoms with Gasteiger partial charge in [0.2, 0.25) is 0 Å². The maximum atomic E-state index is 11.4. The zero-order valence-corrected chi connectivity index (χ0v) is 12.8. The van der Waals surface area contributed by atoms with Gasteiger partial charge in [0.15, 0.2) is 0 Å². The molecule has 0 saturated carbocycles. The Bertz CT molecular complexity index is 439. The van der Waals surface area contributed by atoms with E-state index in [1.165, 1.54) is 0 Å². The normalized spacial score (nSPS) is 12.5. The Kier molecular flexibility index (Phi) is 6.88. The molecule has 0 fully saturated rings. The molecule has 0 heterocycles. The number of hydrogen-bond donors (Lipinski definition) is 1. The summed E-state index contributed by atoms with van der Waals surface area (Å²) < 4.78 is 10.6. The lowest BCUT2D eigenvalue weighted by Gasteiger charge is -2.20. The lowest BCUT2D eigenvalue weighted by atomic mass is 10.2. The van der Waals surface area contributed by atoms with E-state index < -0.39 is 17.8 Å².